The lowest BCUT2D eigenvalue weighted by atomic mass is 10.1. The number of likely N-dealkylation sites (N-methyl/N-ethyl adjacent to an activating group) is 2. The number of hydrogen-bond donors (Lipinski definition) is 5. The smallest absolute Gasteiger partial charge is 0.105 e. The monoisotopic (exact) mass is 765 g/mol. The summed E-state index contributed by atoms with van der Waals surface area (Å²) in [6, 6.07) is 24.8. The van der Waals surface area contributed by atoms with Gasteiger partial charge in [-0.15, -0.1) is 0 Å². The third-order valence-corrected chi connectivity index (χ3v) is 8.52. The first-order valence-electron chi connectivity index (χ1n) is 17.0. The highest BCUT2D eigenvalue weighted by Gasteiger charge is 2.26. The summed E-state index contributed by atoms with van der Waals surface area (Å²) in [6.07, 6.45) is 5.48. The Bertz CT molecular complexity index is 1270. The van der Waals surface area contributed by atoms with Gasteiger partial charge in [-0.25, -0.2) is 0 Å². The number of hydrogen-bond acceptors (Lipinski definition) is 6. The Morgan fingerprint density at radius 1 is 0.423 bits per heavy atom. The van der Waals surface area contributed by atoms with Crippen molar-refractivity contribution < 1.29 is 69.3 Å². The fourth-order valence-electron chi connectivity index (χ4n) is 5.56. The molecular weight excluding hydrogens is 701 g/mol. The van der Waals surface area contributed by atoms with Crippen LogP contribution in [0, 0.1) is 0 Å². The lowest BCUT2D eigenvalue weighted by Gasteiger charge is -2.37. The Morgan fingerprint density at radius 3 is 0.865 bits per heavy atom. The Hall–Kier alpha value is -2.90. The molecule has 0 aliphatic heterocycles. The van der Waals surface area contributed by atoms with Crippen LogP contribution in [0.25, 0.3) is 18.2 Å². The number of benzene rings is 3. The number of nitrogens with zero attached hydrogens (tertiary/aromatic N) is 3. The molecule has 0 aromatic heterocycles. The molecule has 0 unspecified atom stereocenters. The second kappa shape index (κ2) is 28.6. The summed E-state index contributed by atoms with van der Waals surface area (Å²) in [5.41, 5.74) is 7.06. The van der Waals surface area contributed by atoms with E-state index in [1.54, 1.807) is 6.08 Å². The molecule has 52 heavy (non-hydrogen) atoms. The zero-order chi connectivity index (χ0) is 36.8. The highest BCUT2D eigenvalue weighted by Crippen LogP contribution is 2.16. The topological polar surface area (TPSA) is 131 Å². The summed E-state index contributed by atoms with van der Waals surface area (Å²) >= 11 is 0. The van der Waals surface area contributed by atoms with E-state index < -0.39 is 0 Å². The number of quaternary nitrogens is 3. The maximum Gasteiger partial charge on any atom is 0.105 e. The highest BCUT2D eigenvalue weighted by molar-refractivity contribution is 5.48. The van der Waals surface area contributed by atoms with E-state index in [0.29, 0.717) is 30.7 Å². The summed E-state index contributed by atoms with van der Waals surface area (Å²) in [5.74, 6) is 0. The minimum absolute atomic E-state index is 0. The van der Waals surface area contributed by atoms with Crippen LogP contribution in [0.15, 0.2) is 92.5 Å². The molecule has 3 aromatic rings. The van der Waals surface area contributed by atoms with E-state index >= 15 is 0 Å². The van der Waals surface area contributed by atoms with Gasteiger partial charge in [-0.3, -0.25) is 0 Å². The molecule has 0 heterocycles. The first kappa shape index (κ1) is 53.5. The largest absolute Gasteiger partial charge is 1.00 e. The van der Waals surface area contributed by atoms with Crippen molar-refractivity contribution in [1.29, 1.82) is 0 Å². The van der Waals surface area contributed by atoms with Crippen LogP contribution >= 0.6 is 0 Å². The first-order valence-corrected chi connectivity index (χ1v) is 17.0. The van der Waals surface area contributed by atoms with Crippen LogP contribution < -0.4 is 24.8 Å². The van der Waals surface area contributed by atoms with Crippen molar-refractivity contribution in [2.45, 2.75) is 19.6 Å². The van der Waals surface area contributed by atoms with E-state index in [9.17, 15) is 15.3 Å². The van der Waals surface area contributed by atoms with Crippen LogP contribution in [-0.2, 0) is 19.6 Å². The highest BCUT2D eigenvalue weighted by atomic mass is 35.5. The maximum atomic E-state index is 9.22. The fraction of sp³-hybridized carbons (Fsp3) is 0.415. The van der Waals surface area contributed by atoms with Gasteiger partial charge in [0.25, 0.3) is 0 Å². The second-order valence-electron chi connectivity index (χ2n) is 13.8. The second-order valence-corrected chi connectivity index (χ2v) is 13.8. The van der Waals surface area contributed by atoms with Crippen molar-refractivity contribution in [3.05, 3.63) is 126 Å². The summed E-state index contributed by atoms with van der Waals surface area (Å²) in [4.78, 5) is 0. The van der Waals surface area contributed by atoms with Crippen LogP contribution in [0.4, 0.5) is 0 Å². The van der Waals surface area contributed by atoms with E-state index in [0.717, 1.165) is 57.4 Å². The van der Waals surface area contributed by atoms with Gasteiger partial charge < -0.3 is 69.3 Å². The van der Waals surface area contributed by atoms with E-state index in [1.165, 1.54) is 11.1 Å². The molecule has 0 amide bonds. The number of aliphatic hydroxyl groups is 5. The summed E-state index contributed by atoms with van der Waals surface area (Å²) < 4.78 is 2.12. The van der Waals surface area contributed by atoms with Crippen LogP contribution in [0.1, 0.15) is 33.4 Å². The first-order chi connectivity index (χ1) is 23.3. The minimum atomic E-state index is 0. The standard InChI is InChI=1S/C15H24NO3.2C13H20NO.2ClH.H2O/c1-2-14-3-5-15(6-4-14)13-16(7-10-17,8-11-18)9-12-19;2*1-4-12-5-7-13(8-6-12)11-14(2,3)9-10-15;;;/h2-6,17-19H,1,7-13H2;2*4-8,15H,1,9-11H2,2-3H3;2*1H;1H2/q3*+1;;;/p-3. The van der Waals surface area contributed by atoms with Crippen molar-refractivity contribution in [1.82, 2.24) is 0 Å². The van der Waals surface area contributed by atoms with E-state index in [4.69, 9.17) is 10.2 Å². The van der Waals surface area contributed by atoms with Gasteiger partial charge in [0.05, 0.1) is 61.2 Å². The summed E-state index contributed by atoms with van der Waals surface area (Å²) in [7, 11) is 8.49. The van der Waals surface area contributed by atoms with Crippen molar-refractivity contribution in [2.75, 3.05) is 93.9 Å². The fourth-order valence-corrected chi connectivity index (χ4v) is 5.56. The Kier molecular flexibility index (Phi) is 29.4. The molecule has 0 aliphatic rings. The number of rotatable bonds is 19. The van der Waals surface area contributed by atoms with Gasteiger partial charge in [0.15, 0.2) is 0 Å². The van der Waals surface area contributed by atoms with Crippen LogP contribution in [0.2, 0.25) is 0 Å². The Labute approximate surface area is 326 Å². The van der Waals surface area contributed by atoms with E-state index in [-0.39, 0.29) is 63.3 Å². The van der Waals surface area contributed by atoms with Crippen LogP contribution in [0.5, 0.6) is 0 Å². The maximum absolute atomic E-state index is 9.22. The molecule has 6 N–H and O–H groups in total. The third kappa shape index (κ3) is 21.6. The van der Waals surface area contributed by atoms with Gasteiger partial charge in [0.2, 0.25) is 0 Å². The normalized spacial score (nSPS) is 10.8. The third-order valence-electron chi connectivity index (χ3n) is 8.52. The van der Waals surface area contributed by atoms with Gasteiger partial charge >= 0.3 is 0 Å². The number of halogens is 2. The Morgan fingerprint density at radius 2 is 0.654 bits per heavy atom. The summed E-state index contributed by atoms with van der Waals surface area (Å²) in [6.45, 7) is 17.5. The zero-order valence-corrected chi connectivity index (χ0v) is 33.3. The van der Waals surface area contributed by atoms with E-state index in [2.05, 4.69) is 96.5 Å². The molecule has 0 atom stereocenters. The lowest BCUT2D eigenvalue weighted by Crippen LogP contribution is -3.00. The Balaban J connectivity index is -0.000000679. The molecule has 9 nitrogen and oxygen atoms in total. The molecule has 0 saturated heterocycles. The average Bonchev–Trinajstić information content (AvgIpc) is 3.06. The lowest BCUT2D eigenvalue weighted by molar-refractivity contribution is -0.941. The summed E-state index contributed by atoms with van der Waals surface area (Å²) in [5, 5.41) is 45.5. The molecule has 294 valence electrons. The molecular formula is C41H65Cl2N3O6. The average molecular weight is 767 g/mol. The van der Waals surface area contributed by atoms with Gasteiger partial charge in [-0.05, 0) is 16.7 Å². The molecule has 0 spiro atoms. The molecule has 0 bridgehead atoms. The van der Waals surface area contributed by atoms with Crippen LogP contribution in [0.3, 0.4) is 0 Å². The molecule has 0 radical (unpaired) electrons. The van der Waals surface area contributed by atoms with Gasteiger partial charge in [-0.1, -0.05) is 111 Å². The molecule has 3 rings (SSSR count). The van der Waals surface area contributed by atoms with Gasteiger partial charge in [0, 0.05) is 16.7 Å². The van der Waals surface area contributed by atoms with Crippen molar-refractivity contribution >= 4 is 18.2 Å². The molecule has 3 aromatic carbocycles. The van der Waals surface area contributed by atoms with Crippen molar-refractivity contribution in [3.8, 4) is 0 Å². The van der Waals surface area contributed by atoms with Crippen molar-refractivity contribution in [2.24, 2.45) is 0 Å². The zero-order valence-electron chi connectivity index (χ0n) is 31.8. The number of aliphatic hydroxyl groups excluding tert-OH is 5. The molecule has 0 aliphatic carbocycles. The predicted octanol–water partition coefficient (Wildman–Crippen LogP) is -1.75. The SMILES string of the molecule is C=Cc1ccc(C[N+](C)(C)CCO)cc1.C=Cc1ccc(C[N+](C)(C)CCO)cc1.C=Cc1ccc(C[N+](CCO)(CCO)CCO)cc1.[Cl-].[Cl-].[OH-]. The van der Waals surface area contributed by atoms with E-state index in [1.807, 2.05) is 36.4 Å². The molecule has 0 fully saturated rings. The minimum Gasteiger partial charge on any atom is -1.00 e. The quantitative estimate of drug-likeness (QED) is 0.0922. The van der Waals surface area contributed by atoms with Gasteiger partial charge in [0.1, 0.15) is 52.4 Å². The van der Waals surface area contributed by atoms with Crippen LogP contribution in [-0.4, -0.2) is 138 Å². The molecule has 0 saturated carbocycles. The predicted molar refractivity (Wildman–Crippen MR) is 207 cm³/mol. The van der Waals surface area contributed by atoms with Crippen molar-refractivity contribution in [3.63, 3.8) is 0 Å². The molecule has 11 heteroatoms. The van der Waals surface area contributed by atoms with Gasteiger partial charge in [-0.2, -0.15) is 0 Å².